The molecule has 0 aliphatic heterocycles. The lowest BCUT2D eigenvalue weighted by atomic mass is 10.1. The van der Waals surface area contributed by atoms with Crippen molar-refractivity contribution in [3.63, 3.8) is 0 Å². The van der Waals surface area contributed by atoms with E-state index in [0.717, 1.165) is 12.1 Å². The molecule has 23 heavy (non-hydrogen) atoms. The van der Waals surface area contributed by atoms with Crippen LogP contribution in [0.5, 0.6) is 0 Å². The smallest absolute Gasteiger partial charge is 0.358 e. The monoisotopic (exact) mass is 324 g/mol. The highest BCUT2D eigenvalue weighted by Gasteiger charge is 2.21. The summed E-state index contributed by atoms with van der Waals surface area (Å²) in [6, 6.07) is 4.34. The van der Waals surface area contributed by atoms with Crippen molar-refractivity contribution in [3.05, 3.63) is 51.7 Å². The first-order chi connectivity index (χ1) is 10.8. The van der Waals surface area contributed by atoms with E-state index in [1.165, 1.54) is 16.8 Å². The van der Waals surface area contributed by atoms with Crippen LogP contribution in [0.15, 0.2) is 24.3 Å². The summed E-state index contributed by atoms with van der Waals surface area (Å²) in [6.45, 7) is 3.36. The number of aryl methyl sites for hydroxylation is 1. The molecule has 0 saturated carbocycles. The van der Waals surface area contributed by atoms with E-state index in [1.807, 2.05) is 0 Å². The number of rotatable bonds is 5. The van der Waals surface area contributed by atoms with Gasteiger partial charge in [0.25, 0.3) is 0 Å². The molecule has 2 rings (SSSR count). The molecule has 0 aliphatic rings. The number of benzene rings is 1. The van der Waals surface area contributed by atoms with Crippen LogP contribution in [0.4, 0.5) is 20.3 Å². The number of carbonyl (C=O) groups excluding carboxylic acids is 1. The third-order valence-corrected chi connectivity index (χ3v) is 3.24. The van der Waals surface area contributed by atoms with E-state index in [4.69, 9.17) is 0 Å². The van der Waals surface area contributed by atoms with Crippen LogP contribution < -0.4 is 5.32 Å². The maximum atomic E-state index is 13.1. The Balaban J connectivity index is 2.05. The molecule has 9 heteroatoms. The number of anilines is 1. The normalized spacial score (nSPS) is 12.0. The molecule has 1 heterocycles. The number of nitrogens with one attached hydrogen (secondary N) is 1. The molecule has 7 nitrogen and oxygen atoms in total. The zero-order chi connectivity index (χ0) is 17.1. The Morgan fingerprint density at radius 1 is 1.39 bits per heavy atom. The second kappa shape index (κ2) is 6.51. The third kappa shape index (κ3) is 3.87. The van der Waals surface area contributed by atoms with Crippen LogP contribution in [0.25, 0.3) is 0 Å². The van der Waals surface area contributed by atoms with Gasteiger partial charge in [0.1, 0.15) is 0 Å². The van der Waals surface area contributed by atoms with E-state index >= 15 is 0 Å². The van der Waals surface area contributed by atoms with Crippen molar-refractivity contribution in [1.29, 1.82) is 0 Å². The van der Waals surface area contributed by atoms with Crippen LogP contribution in [-0.2, 0) is 11.3 Å². The number of nitro groups is 1. The van der Waals surface area contributed by atoms with Crippen molar-refractivity contribution in [2.24, 2.45) is 5.92 Å². The lowest BCUT2D eigenvalue weighted by molar-refractivity contribution is -0.389. The van der Waals surface area contributed by atoms with E-state index in [0.29, 0.717) is 5.69 Å². The van der Waals surface area contributed by atoms with Crippen LogP contribution >= 0.6 is 0 Å². The summed E-state index contributed by atoms with van der Waals surface area (Å²) >= 11 is 0. The van der Waals surface area contributed by atoms with Gasteiger partial charge in [0.15, 0.2) is 11.6 Å². The summed E-state index contributed by atoms with van der Waals surface area (Å²) in [7, 11) is 0. The first-order valence-electron chi connectivity index (χ1n) is 6.72. The van der Waals surface area contributed by atoms with Gasteiger partial charge in [-0.15, -0.1) is 0 Å². The van der Waals surface area contributed by atoms with E-state index in [9.17, 15) is 23.7 Å². The first kappa shape index (κ1) is 16.5. The van der Waals surface area contributed by atoms with Crippen LogP contribution in [0.1, 0.15) is 12.6 Å². The van der Waals surface area contributed by atoms with Crippen molar-refractivity contribution in [1.82, 2.24) is 9.78 Å². The second-order valence-electron chi connectivity index (χ2n) is 5.10. The van der Waals surface area contributed by atoms with Gasteiger partial charge >= 0.3 is 5.82 Å². The fourth-order valence-corrected chi connectivity index (χ4v) is 1.95. The minimum absolute atomic E-state index is 0.120. The van der Waals surface area contributed by atoms with Crippen molar-refractivity contribution in [2.75, 3.05) is 5.32 Å². The van der Waals surface area contributed by atoms with Gasteiger partial charge in [-0.05, 0) is 24.0 Å². The molecule has 0 radical (unpaired) electrons. The lowest BCUT2D eigenvalue weighted by Crippen LogP contribution is -2.25. The molecule has 0 spiro atoms. The molecule has 1 aromatic heterocycles. The Morgan fingerprint density at radius 2 is 2.09 bits per heavy atom. The van der Waals surface area contributed by atoms with Crippen LogP contribution in [0.3, 0.4) is 0 Å². The van der Waals surface area contributed by atoms with Gasteiger partial charge in [0, 0.05) is 11.8 Å². The summed E-state index contributed by atoms with van der Waals surface area (Å²) in [6.07, 6.45) is 0. The second-order valence-corrected chi connectivity index (χ2v) is 5.10. The maximum Gasteiger partial charge on any atom is 0.390 e. The Morgan fingerprint density at radius 3 is 2.65 bits per heavy atom. The number of carbonyl (C=O) groups is 1. The van der Waals surface area contributed by atoms with Gasteiger partial charge in [0.2, 0.25) is 5.91 Å². The molecule has 1 aromatic carbocycles. The minimum Gasteiger partial charge on any atom is -0.358 e. The van der Waals surface area contributed by atoms with E-state index in [-0.39, 0.29) is 18.1 Å². The highest BCUT2D eigenvalue weighted by Crippen LogP contribution is 2.16. The highest BCUT2D eigenvalue weighted by atomic mass is 19.2. The highest BCUT2D eigenvalue weighted by molar-refractivity contribution is 5.92. The molecule has 122 valence electrons. The predicted octanol–water partition coefficient (Wildman–Crippen LogP) is 2.65. The minimum atomic E-state index is -1.06. The Bertz CT molecular complexity index is 760. The van der Waals surface area contributed by atoms with Gasteiger partial charge in [0.05, 0.1) is 29.3 Å². The molecule has 0 bridgehead atoms. The number of nitrogens with zero attached hydrogens (tertiary/aromatic N) is 3. The standard InChI is InChI=1S/C14H14F2N4O3/c1-8(7-19-9(2)5-13(18-19)20(22)23)14(21)17-10-3-4-11(15)12(16)6-10/h3-6,8H,7H2,1-2H3,(H,17,21). The third-order valence-electron chi connectivity index (χ3n) is 3.24. The largest absolute Gasteiger partial charge is 0.390 e. The van der Waals surface area contributed by atoms with Gasteiger partial charge < -0.3 is 15.4 Å². The zero-order valence-corrected chi connectivity index (χ0v) is 12.4. The molecule has 0 fully saturated rings. The molecule has 0 aliphatic carbocycles. The van der Waals surface area contributed by atoms with E-state index in [1.54, 1.807) is 13.8 Å². The van der Waals surface area contributed by atoms with Gasteiger partial charge in [-0.2, -0.15) is 4.68 Å². The van der Waals surface area contributed by atoms with Crippen LogP contribution in [0.2, 0.25) is 0 Å². The summed E-state index contributed by atoms with van der Waals surface area (Å²) in [5, 5.41) is 16.9. The van der Waals surface area contributed by atoms with Gasteiger partial charge in [-0.1, -0.05) is 6.92 Å². The van der Waals surface area contributed by atoms with E-state index in [2.05, 4.69) is 10.4 Å². The zero-order valence-electron chi connectivity index (χ0n) is 12.4. The molecular weight excluding hydrogens is 310 g/mol. The molecule has 0 saturated heterocycles. The molecule has 1 unspecified atom stereocenters. The fourth-order valence-electron chi connectivity index (χ4n) is 1.95. The van der Waals surface area contributed by atoms with Crippen molar-refractivity contribution in [3.8, 4) is 0 Å². The average Bonchev–Trinajstić information content (AvgIpc) is 2.84. The fraction of sp³-hybridized carbons (Fsp3) is 0.286. The average molecular weight is 324 g/mol. The number of hydrogen-bond donors (Lipinski definition) is 1. The Labute approximate surface area is 130 Å². The van der Waals surface area contributed by atoms with Crippen molar-refractivity contribution >= 4 is 17.4 Å². The topological polar surface area (TPSA) is 90.1 Å². The molecule has 1 N–H and O–H groups in total. The Hall–Kier alpha value is -2.84. The quantitative estimate of drug-likeness (QED) is 0.676. The summed E-state index contributed by atoms with van der Waals surface area (Å²) in [4.78, 5) is 22.1. The summed E-state index contributed by atoms with van der Waals surface area (Å²) < 4.78 is 27.3. The van der Waals surface area contributed by atoms with Gasteiger partial charge in [-0.25, -0.2) is 8.78 Å². The lowest BCUT2D eigenvalue weighted by Gasteiger charge is -2.11. The number of hydrogen-bond acceptors (Lipinski definition) is 4. The maximum absolute atomic E-state index is 13.1. The molecule has 1 amide bonds. The molecule has 2 aromatic rings. The number of halogens is 2. The SMILES string of the molecule is Cc1cc([N+](=O)[O-])nn1CC(C)C(=O)Nc1ccc(F)c(F)c1. The summed E-state index contributed by atoms with van der Waals surface area (Å²) in [5.74, 6) is -3.38. The van der Waals surface area contributed by atoms with Crippen molar-refractivity contribution in [2.45, 2.75) is 20.4 Å². The number of amides is 1. The predicted molar refractivity (Wildman–Crippen MR) is 77.8 cm³/mol. The molecule has 1 atom stereocenters. The first-order valence-corrected chi connectivity index (χ1v) is 6.72. The summed E-state index contributed by atoms with van der Waals surface area (Å²) in [5.41, 5.74) is 0.674. The molecular formula is C14H14F2N4O3. The Kier molecular flexibility index (Phi) is 4.68. The van der Waals surface area contributed by atoms with E-state index < -0.39 is 28.4 Å². The van der Waals surface area contributed by atoms with Crippen LogP contribution in [0, 0.1) is 34.6 Å². The van der Waals surface area contributed by atoms with Crippen LogP contribution in [-0.4, -0.2) is 20.6 Å². The van der Waals surface area contributed by atoms with Crippen molar-refractivity contribution < 1.29 is 18.5 Å². The van der Waals surface area contributed by atoms with Gasteiger partial charge in [-0.3, -0.25) is 4.79 Å². The number of aromatic nitrogens is 2.